The van der Waals surface area contributed by atoms with Crippen LogP contribution in [0, 0.1) is 5.41 Å². The molecule has 0 radical (unpaired) electrons. The maximum atomic E-state index is 11.9. The van der Waals surface area contributed by atoms with Crippen molar-refractivity contribution in [3.05, 3.63) is 29.8 Å². The highest BCUT2D eigenvalue weighted by atomic mass is 16.5. The number of hydrogen-bond acceptors (Lipinski definition) is 3. The minimum atomic E-state index is -0.239. The van der Waals surface area contributed by atoms with Gasteiger partial charge in [-0.05, 0) is 24.7 Å². The Labute approximate surface area is 116 Å². The van der Waals surface area contributed by atoms with Gasteiger partial charge >= 0.3 is 0 Å². The molecule has 1 rings (SSSR count). The average molecular weight is 263 g/mol. The van der Waals surface area contributed by atoms with Gasteiger partial charge < -0.3 is 9.64 Å². The lowest BCUT2D eigenvalue weighted by Crippen LogP contribution is -2.27. The van der Waals surface area contributed by atoms with E-state index < -0.39 is 0 Å². The minimum absolute atomic E-state index is 0.239. The Morgan fingerprint density at radius 2 is 2.00 bits per heavy atom. The largest absolute Gasteiger partial charge is 0.497 e. The molecule has 0 N–H and O–H groups in total. The van der Waals surface area contributed by atoms with Gasteiger partial charge in [0.05, 0.1) is 7.11 Å². The van der Waals surface area contributed by atoms with Crippen molar-refractivity contribution >= 4 is 5.78 Å². The van der Waals surface area contributed by atoms with Crippen LogP contribution in [0.3, 0.4) is 0 Å². The van der Waals surface area contributed by atoms with Gasteiger partial charge in [-0.3, -0.25) is 4.79 Å². The van der Waals surface area contributed by atoms with Crippen molar-refractivity contribution in [1.29, 1.82) is 0 Å². The molecule has 0 saturated heterocycles. The molecule has 0 amide bonds. The Hall–Kier alpha value is -1.35. The number of Topliss-reactive ketones (excluding diaryl/α,β-unsaturated/α-hetero) is 1. The van der Waals surface area contributed by atoms with E-state index in [1.54, 1.807) is 7.11 Å². The molecule has 106 valence electrons. The van der Waals surface area contributed by atoms with E-state index in [0.717, 1.165) is 18.8 Å². The van der Waals surface area contributed by atoms with E-state index in [2.05, 4.69) is 11.0 Å². The minimum Gasteiger partial charge on any atom is -0.497 e. The molecule has 0 aromatic heterocycles. The second-order valence-electron chi connectivity index (χ2n) is 6.01. The topological polar surface area (TPSA) is 29.5 Å². The quantitative estimate of drug-likeness (QED) is 0.789. The van der Waals surface area contributed by atoms with Gasteiger partial charge in [-0.15, -0.1) is 0 Å². The molecule has 0 heterocycles. The van der Waals surface area contributed by atoms with Crippen LogP contribution in [-0.4, -0.2) is 31.4 Å². The van der Waals surface area contributed by atoms with E-state index in [0.29, 0.717) is 12.2 Å². The lowest BCUT2D eigenvalue weighted by molar-refractivity contribution is -0.126. The van der Waals surface area contributed by atoms with E-state index in [4.69, 9.17) is 4.74 Å². The number of methoxy groups -OCH3 is 1. The third kappa shape index (κ3) is 5.43. The van der Waals surface area contributed by atoms with Crippen LogP contribution >= 0.6 is 0 Å². The van der Waals surface area contributed by atoms with Gasteiger partial charge in [-0.1, -0.05) is 32.9 Å². The fourth-order valence-electron chi connectivity index (χ4n) is 1.83. The van der Waals surface area contributed by atoms with Crippen LogP contribution in [0.4, 0.5) is 0 Å². The van der Waals surface area contributed by atoms with E-state index >= 15 is 0 Å². The van der Waals surface area contributed by atoms with Gasteiger partial charge in [0.25, 0.3) is 0 Å². The summed E-state index contributed by atoms with van der Waals surface area (Å²) in [6.45, 7) is 7.52. The monoisotopic (exact) mass is 263 g/mol. The Balaban J connectivity index is 2.47. The molecule has 0 spiro atoms. The Kier molecular flexibility index (Phi) is 5.55. The number of ether oxygens (including phenoxy) is 1. The number of benzene rings is 1. The van der Waals surface area contributed by atoms with Gasteiger partial charge in [-0.25, -0.2) is 0 Å². The number of carbonyl (C=O) groups is 1. The van der Waals surface area contributed by atoms with Crippen molar-refractivity contribution in [1.82, 2.24) is 4.90 Å². The van der Waals surface area contributed by atoms with Crippen molar-refractivity contribution in [2.75, 3.05) is 20.7 Å². The van der Waals surface area contributed by atoms with Crippen LogP contribution in [0.1, 0.15) is 32.8 Å². The molecular weight excluding hydrogens is 238 g/mol. The van der Waals surface area contributed by atoms with Crippen LogP contribution in [0.2, 0.25) is 0 Å². The van der Waals surface area contributed by atoms with Crippen LogP contribution in [0.5, 0.6) is 5.75 Å². The highest BCUT2D eigenvalue weighted by Crippen LogP contribution is 2.17. The first-order valence-electron chi connectivity index (χ1n) is 6.67. The Morgan fingerprint density at radius 1 is 1.32 bits per heavy atom. The zero-order valence-corrected chi connectivity index (χ0v) is 12.7. The summed E-state index contributed by atoms with van der Waals surface area (Å²) in [5.74, 6) is 1.18. The number of hydrogen-bond donors (Lipinski definition) is 0. The second kappa shape index (κ2) is 6.71. The van der Waals surface area contributed by atoms with Crippen molar-refractivity contribution in [3.8, 4) is 5.75 Å². The molecule has 3 heteroatoms. The van der Waals surface area contributed by atoms with Crippen LogP contribution in [0.25, 0.3) is 0 Å². The summed E-state index contributed by atoms with van der Waals surface area (Å²) in [4.78, 5) is 14.0. The van der Waals surface area contributed by atoms with E-state index in [9.17, 15) is 4.79 Å². The SMILES string of the molecule is COc1cccc(CN(C)CCC(=O)C(C)(C)C)c1. The molecule has 0 aliphatic rings. The van der Waals surface area contributed by atoms with Crippen LogP contribution < -0.4 is 4.74 Å². The van der Waals surface area contributed by atoms with Crippen molar-refractivity contribution in [2.24, 2.45) is 5.41 Å². The third-order valence-corrected chi connectivity index (χ3v) is 3.14. The maximum Gasteiger partial charge on any atom is 0.139 e. The zero-order valence-electron chi connectivity index (χ0n) is 12.7. The summed E-state index contributed by atoms with van der Waals surface area (Å²) in [6.07, 6.45) is 0.601. The lowest BCUT2D eigenvalue weighted by atomic mass is 9.89. The Morgan fingerprint density at radius 3 is 2.58 bits per heavy atom. The standard InChI is InChI=1S/C16H25NO2/c1-16(2,3)15(18)9-10-17(4)12-13-7-6-8-14(11-13)19-5/h6-8,11H,9-10,12H2,1-5H3. The predicted molar refractivity (Wildman–Crippen MR) is 78.4 cm³/mol. The highest BCUT2D eigenvalue weighted by molar-refractivity contribution is 5.83. The summed E-state index contributed by atoms with van der Waals surface area (Å²) in [7, 11) is 3.71. The van der Waals surface area contributed by atoms with Crippen LogP contribution in [-0.2, 0) is 11.3 Å². The van der Waals surface area contributed by atoms with E-state index in [1.807, 2.05) is 46.0 Å². The normalized spacial score (nSPS) is 11.7. The molecule has 0 bridgehead atoms. The number of ketones is 1. The number of carbonyl (C=O) groups excluding carboxylic acids is 1. The zero-order chi connectivity index (χ0) is 14.5. The molecule has 1 aromatic rings. The molecule has 0 aliphatic heterocycles. The number of rotatable bonds is 6. The average Bonchev–Trinajstić information content (AvgIpc) is 2.35. The van der Waals surface area contributed by atoms with Gasteiger partial charge in [-0.2, -0.15) is 0 Å². The smallest absolute Gasteiger partial charge is 0.139 e. The van der Waals surface area contributed by atoms with Gasteiger partial charge in [0, 0.05) is 24.9 Å². The maximum absolute atomic E-state index is 11.9. The lowest BCUT2D eigenvalue weighted by Gasteiger charge is -2.20. The first-order chi connectivity index (χ1) is 8.82. The first kappa shape index (κ1) is 15.7. The van der Waals surface area contributed by atoms with Gasteiger partial charge in [0.15, 0.2) is 0 Å². The predicted octanol–water partition coefficient (Wildman–Crippen LogP) is 3.13. The first-order valence-corrected chi connectivity index (χ1v) is 6.67. The fourth-order valence-corrected chi connectivity index (χ4v) is 1.83. The third-order valence-electron chi connectivity index (χ3n) is 3.14. The van der Waals surface area contributed by atoms with Gasteiger partial charge in [0.1, 0.15) is 11.5 Å². The summed E-state index contributed by atoms with van der Waals surface area (Å²) in [6, 6.07) is 8.03. The second-order valence-corrected chi connectivity index (χ2v) is 6.01. The highest BCUT2D eigenvalue weighted by Gasteiger charge is 2.20. The molecule has 19 heavy (non-hydrogen) atoms. The number of nitrogens with zero attached hydrogens (tertiary/aromatic N) is 1. The molecular formula is C16H25NO2. The van der Waals surface area contributed by atoms with Crippen LogP contribution in [0.15, 0.2) is 24.3 Å². The molecule has 0 atom stereocenters. The summed E-state index contributed by atoms with van der Waals surface area (Å²) in [5, 5.41) is 0. The summed E-state index contributed by atoms with van der Waals surface area (Å²) in [5.41, 5.74) is 0.960. The summed E-state index contributed by atoms with van der Waals surface area (Å²) < 4.78 is 5.21. The molecule has 3 nitrogen and oxygen atoms in total. The molecule has 1 aromatic carbocycles. The van der Waals surface area contributed by atoms with E-state index in [-0.39, 0.29) is 5.41 Å². The Bertz CT molecular complexity index is 421. The van der Waals surface area contributed by atoms with Crippen molar-refractivity contribution in [3.63, 3.8) is 0 Å². The van der Waals surface area contributed by atoms with Crippen molar-refractivity contribution in [2.45, 2.75) is 33.7 Å². The molecule has 0 unspecified atom stereocenters. The van der Waals surface area contributed by atoms with Gasteiger partial charge in [0.2, 0.25) is 0 Å². The summed E-state index contributed by atoms with van der Waals surface area (Å²) >= 11 is 0. The fraction of sp³-hybridized carbons (Fsp3) is 0.562. The van der Waals surface area contributed by atoms with Crippen molar-refractivity contribution < 1.29 is 9.53 Å². The molecule has 0 aliphatic carbocycles. The van der Waals surface area contributed by atoms with E-state index in [1.165, 1.54) is 5.56 Å². The molecule has 0 saturated carbocycles. The molecule has 0 fully saturated rings.